The smallest absolute Gasteiger partial charge is 0.306 e. The van der Waals surface area contributed by atoms with E-state index in [0.29, 0.717) is 19.3 Å². The number of allylic oxidation sites excluding steroid dienone is 16. The SMILES string of the molecule is CC/C=C\C/C=C\C/C=C\C/C=C\C/C=C\C/C=C\CCCCCCCCCCC(=O)OCC(COC(=O)CCCCCCCCCCCCCC)OC(=O)CCCCCCCCCCC/C=C\C/C=C\CCCCCCC. The summed E-state index contributed by atoms with van der Waals surface area (Å²) < 4.78 is 16.9. The number of unbranched alkanes of at least 4 members (excludes halogenated alkanes) is 33. The quantitative estimate of drug-likeness (QED) is 0.0261. The number of hydrogen-bond donors (Lipinski definition) is 0. The Balaban J connectivity index is 4.31. The fourth-order valence-electron chi connectivity index (χ4n) is 9.36. The van der Waals surface area contributed by atoms with Gasteiger partial charge in [-0.05, 0) is 103 Å². The van der Waals surface area contributed by atoms with E-state index in [2.05, 4.69) is 118 Å². The number of carbonyl (C=O) groups is 3. The molecule has 6 heteroatoms. The van der Waals surface area contributed by atoms with Crippen LogP contribution < -0.4 is 0 Å². The van der Waals surface area contributed by atoms with Crippen LogP contribution in [0.3, 0.4) is 0 Å². The van der Waals surface area contributed by atoms with E-state index in [1.165, 1.54) is 173 Å². The third kappa shape index (κ3) is 63.2. The van der Waals surface area contributed by atoms with Crippen molar-refractivity contribution in [2.45, 2.75) is 329 Å². The van der Waals surface area contributed by atoms with Gasteiger partial charge in [-0.25, -0.2) is 0 Å². The second-order valence-corrected chi connectivity index (χ2v) is 22.0. The molecule has 0 saturated heterocycles. The summed E-state index contributed by atoms with van der Waals surface area (Å²) in [6, 6.07) is 0. The maximum atomic E-state index is 12.9. The summed E-state index contributed by atoms with van der Waals surface area (Å²) in [7, 11) is 0. The van der Waals surface area contributed by atoms with Crippen LogP contribution in [0.15, 0.2) is 97.2 Å². The van der Waals surface area contributed by atoms with Crippen molar-refractivity contribution in [1.82, 2.24) is 0 Å². The van der Waals surface area contributed by atoms with Crippen molar-refractivity contribution in [2.24, 2.45) is 0 Å². The number of rotatable bonds is 60. The number of esters is 3. The molecule has 0 spiro atoms. The molecular weight excluding hydrogens is 961 g/mol. The molecule has 0 aromatic heterocycles. The lowest BCUT2D eigenvalue weighted by Crippen LogP contribution is -2.30. The number of hydrogen-bond acceptors (Lipinski definition) is 6. The van der Waals surface area contributed by atoms with Crippen molar-refractivity contribution < 1.29 is 28.6 Å². The summed E-state index contributed by atoms with van der Waals surface area (Å²) in [6.07, 6.45) is 88.4. The third-order valence-corrected chi connectivity index (χ3v) is 14.3. The normalized spacial score (nSPS) is 12.7. The van der Waals surface area contributed by atoms with E-state index in [9.17, 15) is 14.4 Å². The first-order valence-corrected chi connectivity index (χ1v) is 33.2. The molecule has 1 unspecified atom stereocenters. The largest absolute Gasteiger partial charge is 0.462 e. The molecule has 0 aromatic rings. The van der Waals surface area contributed by atoms with Gasteiger partial charge in [-0.2, -0.15) is 0 Å². The molecule has 0 N–H and O–H groups in total. The standard InChI is InChI=1S/C72H124O6/c1-4-7-10-13-16-19-22-25-27-29-31-33-34-35-36-37-38-40-41-43-45-47-50-53-56-59-62-65-71(74)77-68-69(67-76-70(73)64-61-58-55-52-49-24-21-18-15-12-9-6-3)78-72(75)66-63-60-57-54-51-48-46-44-42-39-32-30-28-26-23-20-17-14-11-8-5-2/h7,10,16,19,23,25-27,30-33,35-36,38,40,69H,4-6,8-9,11-15,17-18,20-22,24,28-29,34,37,39,41-68H2,1-3H3/b10-7-,19-16-,26-23-,27-25-,32-30-,33-31-,36-35-,40-38-. The van der Waals surface area contributed by atoms with Gasteiger partial charge in [0.2, 0.25) is 0 Å². The maximum absolute atomic E-state index is 12.9. The summed E-state index contributed by atoms with van der Waals surface area (Å²) >= 11 is 0. The lowest BCUT2D eigenvalue weighted by molar-refractivity contribution is -0.167. The highest BCUT2D eigenvalue weighted by Gasteiger charge is 2.19. The molecule has 0 saturated carbocycles. The molecular formula is C72H124O6. The fourth-order valence-corrected chi connectivity index (χ4v) is 9.36. The summed E-state index contributed by atoms with van der Waals surface area (Å²) in [6.45, 7) is 6.53. The molecule has 0 heterocycles. The minimum absolute atomic E-state index is 0.0789. The first-order valence-electron chi connectivity index (χ1n) is 33.2. The van der Waals surface area contributed by atoms with Crippen LogP contribution in [0.25, 0.3) is 0 Å². The van der Waals surface area contributed by atoms with Gasteiger partial charge in [-0.1, -0.05) is 298 Å². The lowest BCUT2D eigenvalue weighted by Gasteiger charge is -2.18. The average molecular weight is 1090 g/mol. The van der Waals surface area contributed by atoms with Crippen LogP contribution in [-0.4, -0.2) is 37.2 Å². The van der Waals surface area contributed by atoms with E-state index in [0.717, 1.165) is 109 Å². The highest BCUT2D eigenvalue weighted by atomic mass is 16.6. The van der Waals surface area contributed by atoms with Crippen molar-refractivity contribution in [3.8, 4) is 0 Å². The number of carbonyl (C=O) groups excluding carboxylic acids is 3. The van der Waals surface area contributed by atoms with Gasteiger partial charge in [0.15, 0.2) is 6.10 Å². The predicted molar refractivity (Wildman–Crippen MR) is 339 cm³/mol. The van der Waals surface area contributed by atoms with E-state index in [-0.39, 0.29) is 31.1 Å². The van der Waals surface area contributed by atoms with Crippen LogP contribution in [0, 0.1) is 0 Å². The minimum Gasteiger partial charge on any atom is -0.462 e. The zero-order valence-corrected chi connectivity index (χ0v) is 51.4. The Bertz CT molecular complexity index is 1530. The van der Waals surface area contributed by atoms with Gasteiger partial charge < -0.3 is 14.2 Å². The predicted octanol–water partition coefficient (Wildman–Crippen LogP) is 22.8. The van der Waals surface area contributed by atoms with Gasteiger partial charge in [0.1, 0.15) is 13.2 Å². The molecule has 0 fully saturated rings. The molecule has 78 heavy (non-hydrogen) atoms. The van der Waals surface area contributed by atoms with E-state index < -0.39 is 6.10 Å². The van der Waals surface area contributed by atoms with Gasteiger partial charge in [0, 0.05) is 19.3 Å². The number of ether oxygens (including phenoxy) is 3. The van der Waals surface area contributed by atoms with Crippen LogP contribution in [0.5, 0.6) is 0 Å². The van der Waals surface area contributed by atoms with Gasteiger partial charge in [0.25, 0.3) is 0 Å². The Morgan fingerprint density at radius 3 is 0.782 bits per heavy atom. The Hall–Kier alpha value is -3.67. The lowest BCUT2D eigenvalue weighted by atomic mass is 10.0. The minimum atomic E-state index is -0.783. The third-order valence-electron chi connectivity index (χ3n) is 14.3. The zero-order chi connectivity index (χ0) is 56.4. The highest BCUT2D eigenvalue weighted by molar-refractivity contribution is 5.71. The summed E-state index contributed by atoms with van der Waals surface area (Å²) in [4.78, 5) is 38.3. The maximum Gasteiger partial charge on any atom is 0.306 e. The molecule has 0 rings (SSSR count). The molecule has 6 nitrogen and oxygen atoms in total. The second-order valence-electron chi connectivity index (χ2n) is 22.0. The van der Waals surface area contributed by atoms with Gasteiger partial charge in [-0.15, -0.1) is 0 Å². The van der Waals surface area contributed by atoms with Crippen LogP contribution in [0.4, 0.5) is 0 Å². The molecule has 0 bridgehead atoms. The molecule has 1 atom stereocenters. The second kappa shape index (κ2) is 65.8. The van der Waals surface area contributed by atoms with Gasteiger partial charge in [-0.3, -0.25) is 14.4 Å². The van der Waals surface area contributed by atoms with E-state index in [1.807, 2.05) is 0 Å². The van der Waals surface area contributed by atoms with E-state index in [4.69, 9.17) is 14.2 Å². The monoisotopic (exact) mass is 1080 g/mol. The Morgan fingerprint density at radius 1 is 0.269 bits per heavy atom. The topological polar surface area (TPSA) is 78.9 Å². The van der Waals surface area contributed by atoms with Crippen LogP contribution in [0.1, 0.15) is 323 Å². The van der Waals surface area contributed by atoms with Crippen molar-refractivity contribution in [3.05, 3.63) is 97.2 Å². The fraction of sp³-hybridized carbons (Fsp3) is 0.736. The molecule has 0 aliphatic carbocycles. The van der Waals surface area contributed by atoms with Crippen molar-refractivity contribution in [1.29, 1.82) is 0 Å². The van der Waals surface area contributed by atoms with Crippen molar-refractivity contribution in [2.75, 3.05) is 13.2 Å². The molecule has 0 aliphatic rings. The zero-order valence-electron chi connectivity index (χ0n) is 51.4. The average Bonchev–Trinajstić information content (AvgIpc) is 3.44. The van der Waals surface area contributed by atoms with Gasteiger partial charge >= 0.3 is 17.9 Å². The Kier molecular flexibility index (Phi) is 62.7. The molecule has 0 amide bonds. The summed E-state index contributed by atoms with van der Waals surface area (Å²) in [5.74, 6) is -0.880. The first-order chi connectivity index (χ1) is 38.5. The van der Waals surface area contributed by atoms with Crippen LogP contribution >= 0.6 is 0 Å². The molecule has 0 radical (unpaired) electrons. The molecule has 448 valence electrons. The summed E-state index contributed by atoms with van der Waals surface area (Å²) in [5, 5.41) is 0. The van der Waals surface area contributed by atoms with E-state index in [1.54, 1.807) is 0 Å². The van der Waals surface area contributed by atoms with E-state index >= 15 is 0 Å². The first kappa shape index (κ1) is 74.3. The van der Waals surface area contributed by atoms with Crippen molar-refractivity contribution in [3.63, 3.8) is 0 Å². The Morgan fingerprint density at radius 2 is 0.500 bits per heavy atom. The van der Waals surface area contributed by atoms with Crippen LogP contribution in [-0.2, 0) is 28.6 Å². The van der Waals surface area contributed by atoms with Crippen molar-refractivity contribution >= 4 is 17.9 Å². The molecule has 0 aliphatic heterocycles. The summed E-state index contributed by atoms with van der Waals surface area (Å²) in [5.41, 5.74) is 0. The van der Waals surface area contributed by atoms with Gasteiger partial charge in [0.05, 0.1) is 0 Å². The van der Waals surface area contributed by atoms with Crippen LogP contribution in [0.2, 0.25) is 0 Å². The molecule has 0 aromatic carbocycles. The highest BCUT2D eigenvalue weighted by Crippen LogP contribution is 2.16. The Labute approximate surface area is 483 Å².